The molecule has 176 valence electrons. The van der Waals surface area contributed by atoms with E-state index < -0.39 is 0 Å². The summed E-state index contributed by atoms with van der Waals surface area (Å²) in [4.78, 5) is 27.9. The predicted molar refractivity (Wildman–Crippen MR) is 130 cm³/mol. The van der Waals surface area contributed by atoms with Gasteiger partial charge in [-0.2, -0.15) is 0 Å². The molecule has 0 bridgehead atoms. The van der Waals surface area contributed by atoms with E-state index in [1.807, 2.05) is 6.07 Å². The van der Waals surface area contributed by atoms with Crippen LogP contribution in [-0.2, 0) is 30.6 Å². The van der Waals surface area contributed by atoms with Crippen molar-refractivity contribution in [2.45, 2.75) is 45.6 Å². The van der Waals surface area contributed by atoms with E-state index in [0.717, 1.165) is 72.8 Å². The van der Waals surface area contributed by atoms with Gasteiger partial charge in [0, 0.05) is 43.2 Å². The number of aryl methyl sites for hydroxylation is 1. The van der Waals surface area contributed by atoms with Gasteiger partial charge in [-0.05, 0) is 78.6 Å². The fourth-order valence-corrected chi connectivity index (χ4v) is 5.58. The number of ether oxygens (including phenoxy) is 2. The molecular weight excluding hydrogens is 440 g/mol. The molecule has 1 unspecified atom stereocenters. The summed E-state index contributed by atoms with van der Waals surface area (Å²) in [5.74, 6) is 1.80. The molecular formula is C26H31ClN2O4. The van der Waals surface area contributed by atoms with E-state index in [9.17, 15) is 9.59 Å². The summed E-state index contributed by atoms with van der Waals surface area (Å²) in [6, 6.07) is 6.19. The molecule has 6 nitrogen and oxygen atoms in total. The number of nitrogens with zero attached hydrogens (tertiary/aromatic N) is 1. The monoisotopic (exact) mass is 470 g/mol. The number of benzene rings is 2. The highest BCUT2D eigenvalue weighted by atomic mass is 35.5. The maximum absolute atomic E-state index is 13.6. The second kappa shape index (κ2) is 9.35. The Labute approximate surface area is 201 Å². The lowest BCUT2D eigenvalue weighted by Crippen LogP contribution is -2.39. The molecule has 1 N–H and O–H groups in total. The SMILES string of the molecule is COc1cc2c(cc1OC)CN(CC1CCc3c(C)cc4c(c3C1=O)CCC(=O)N4)CC2.Cl. The average Bonchev–Trinajstić information content (AvgIpc) is 2.79. The maximum Gasteiger partial charge on any atom is 0.224 e. The standard InChI is InChI=1S/C26H30N2O4.ClH/c1-15-10-21-20(6-7-24(29)27-21)25-19(15)5-4-17(26(25)30)13-28-9-8-16-11-22(31-2)23(32-3)12-18(16)14-28;/h10-12,17H,4-9,13-14H2,1-3H3,(H,27,29);1H. The molecule has 0 saturated heterocycles. The van der Waals surface area contributed by atoms with Crippen LogP contribution in [0.5, 0.6) is 11.5 Å². The normalized spacial score (nSPS) is 19.5. The van der Waals surface area contributed by atoms with E-state index in [4.69, 9.17) is 9.47 Å². The molecule has 2 aliphatic heterocycles. The van der Waals surface area contributed by atoms with Crippen molar-refractivity contribution in [1.82, 2.24) is 4.90 Å². The Hall–Kier alpha value is -2.57. The molecule has 5 rings (SSSR count). The molecule has 0 saturated carbocycles. The summed E-state index contributed by atoms with van der Waals surface area (Å²) in [5, 5.41) is 2.98. The minimum absolute atomic E-state index is 0. The van der Waals surface area contributed by atoms with Gasteiger partial charge in [0.25, 0.3) is 0 Å². The maximum atomic E-state index is 13.6. The van der Waals surface area contributed by atoms with Crippen LogP contribution in [0.4, 0.5) is 5.69 Å². The van der Waals surface area contributed by atoms with Crippen molar-refractivity contribution in [2.75, 3.05) is 32.6 Å². The second-order valence-electron chi connectivity index (χ2n) is 9.18. The number of hydrogen-bond acceptors (Lipinski definition) is 5. The number of halogens is 1. The lowest BCUT2D eigenvalue weighted by atomic mass is 9.76. The first-order valence-electron chi connectivity index (χ1n) is 11.4. The van der Waals surface area contributed by atoms with E-state index >= 15 is 0 Å². The third kappa shape index (κ3) is 4.22. The Balaban J connectivity index is 0.00000259. The Kier molecular flexibility index (Phi) is 6.68. The number of amides is 1. The number of anilines is 1. The zero-order chi connectivity index (χ0) is 22.4. The zero-order valence-corrected chi connectivity index (χ0v) is 20.3. The number of hydrogen-bond donors (Lipinski definition) is 1. The molecule has 1 aliphatic carbocycles. The van der Waals surface area contributed by atoms with Gasteiger partial charge in [-0.15, -0.1) is 12.4 Å². The minimum atomic E-state index is -0.00674. The fourth-order valence-electron chi connectivity index (χ4n) is 5.58. The molecule has 7 heteroatoms. The second-order valence-corrected chi connectivity index (χ2v) is 9.18. The van der Waals surface area contributed by atoms with Crippen LogP contribution in [-0.4, -0.2) is 43.9 Å². The molecule has 3 aliphatic rings. The number of fused-ring (bicyclic) bond motifs is 4. The highest BCUT2D eigenvalue weighted by Gasteiger charge is 2.34. The van der Waals surface area contributed by atoms with Gasteiger partial charge in [0.2, 0.25) is 5.91 Å². The highest BCUT2D eigenvalue weighted by Crippen LogP contribution is 2.38. The quantitative estimate of drug-likeness (QED) is 0.728. The van der Waals surface area contributed by atoms with Crippen LogP contribution in [0.1, 0.15) is 51.0 Å². The lowest BCUT2D eigenvalue weighted by Gasteiger charge is -2.35. The van der Waals surface area contributed by atoms with E-state index in [1.54, 1.807) is 14.2 Å². The van der Waals surface area contributed by atoms with E-state index in [2.05, 4.69) is 29.3 Å². The number of Topliss-reactive ketones (excluding diaryl/α,β-unsaturated/α-hetero) is 1. The Morgan fingerprint density at radius 2 is 1.70 bits per heavy atom. The molecule has 0 fully saturated rings. The van der Waals surface area contributed by atoms with Crippen molar-refractivity contribution in [1.29, 1.82) is 0 Å². The number of nitrogens with one attached hydrogen (secondary N) is 1. The number of rotatable bonds is 4. The summed E-state index contributed by atoms with van der Waals surface area (Å²) < 4.78 is 10.9. The van der Waals surface area contributed by atoms with Gasteiger partial charge in [0.05, 0.1) is 14.2 Å². The van der Waals surface area contributed by atoms with E-state index in [1.165, 1.54) is 16.7 Å². The Morgan fingerprint density at radius 1 is 0.970 bits per heavy atom. The highest BCUT2D eigenvalue weighted by molar-refractivity contribution is 6.05. The first kappa shape index (κ1) is 23.6. The molecule has 0 spiro atoms. The van der Waals surface area contributed by atoms with Crippen molar-refractivity contribution in [3.05, 3.63) is 51.6 Å². The third-order valence-corrected chi connectivity index (χ3v) is 7.28. The lowest BCUT2D eigenvalue weighted by molar-refractivity contribution is -0.116. The largest absolute Gasteiger partial charge is 0.493 e. The van der Waals surface area contributed by atoms with Crippen molar-refractivity contribution in [2.24, 2.45) is 5.92 Å². The number of methoxy groups -OCH3 is 2. The number of carbonyl (C=O) groups is 2. The van der Waals surface area contributed by atoms with Gasteiger partial charge in [-0.1, -0.05) is 0 Å². The van der Waals surface area contributed by atoms with Gasteiger partial charge in [0.1, 0.15) is 0 Å². The Bertz CT molecular complexity index is 1110. The molecule has 1 amide bonds. The molecule has 2 heterocycles. The van der Waals surface area contributed by atoms with Crippen molar-refractivity contribution in [3.63, 3.8) is 0 Å². The van der Waals surface area contributed by atoms with Crippen LogP contribution in [0.15, 0.2) is 18.2 Å². The van der Waals surface area contributed by atoms with Crippen LogP contribution < -0.4 is 14.8 Å². The summed E-state index contributed by atoms with van der Waals surface area (Å²) in [6.45, 7) is 4.56. The van der Waals surface area contributed by atoms with Crippen molar-refractivity contribution >= 4 is 29.8 Å². The molecule has 0 aromatic heterocycles. The number of ketones is 1. The minimum Gasteiger partial charge on any atom is -0.493 e. The predicted octanol–water partition coefficient (Wildman–Crippen LogP) is 4.12. The zero-order valence-electron chi connectivity index (χ0n) is 19.5. The van der Waals surface area contributed by atoms with Gasteiger partial charge in [-0.3, -0.25) is 14.5 Å². The smallest absolute Gasteiger partial charge is 0.224 e. The Morgan fingerprint density at radius 3 is 2.42 bits per heavy atom. The average molecular weight is 471 g/mol. The third-order valence-electron chi connectivity index (χ3n) is 7.28. The first-order chi connectivity index (χ1) is 15.5. The number of carbonyl (C=O) groups excluding carboxylic acids is 2. The molecule has 0 radical (unpaired) electrons. The first-order valence-corrected chi connectivity index (χ1v) is 11.4. The summed E-state index contributed by atoms with van der Waals surface area (Å²) in [7, 11) is 3.33. The van der Waals surface area contributed by atoms with E-state index in [-0.39, 0.29) is 30.0 Å². The molecule has 2 aromatic carbocycles. The molecule has 2 aromatic rings. The topological polar surface area (TPSA) is 67.9 Å². The summed E-state index contributed by atoms with van der Waals surface area (Å²) in [5.41, 5.74) is 7.59. The van der Waals surface area contributed by atoms with Crippen molar-refractivity contribution in [3.8, 4) is 11.5 Å². The molecule has 33 heavy (non-hydrogen) atoms. The van der Waals surface area contributed by atoms with E-state index in [0.29, 0.717) is 12.8 Å². The van der Waals surface area contributed by atoms with Crippen LogP contribution in [0.25, 0.3) is 0 Å². The van der Waals surface area contributed by atoms with Crippen LogP contribution >= 0.6 is 12.4 Å². The summed E-state index contributed by atoms with van der Waals surface area (Å²) in [6.07, 6.45) is 3.85. The van der Waals surface area contributed by atoms with Crippen LogP contribution in [0, 0.1) is 12.8 Å². The van der Waals surface area contributed by atoms with Crippen molar-refractivity contribution < 1.29 is 19.1 Å². The fraction of sp³-hybridized carbons (Fsp3) is 0.462. The van der Waals surface area contributed by atoms with Gasteiger partial charge in [0.15, 0.2) is 17.3 Å². The van der Waals surface area contributed by atoms with Gasteiger partial charge >= 0.3 is 0 Å². The van der Waals surface area contributed by atoms with Crippen LogP contribution in [0.3, 0.4) is 0 Å². The summed E-state index contributed by atoms with van der Waals surface area (Å²) >= 11 is 0. The van der Waals surface area contributed by atoms with Gasteiger partial charge in [-0.25, -0.2) is 0 Å². The van der Waals surface area contributed by atoms with Crippen LogP contribution in [0.2, 0.25) is 0 Å². The van der Waals surface area contributed by atoms with Gasteiger partial charge < -0.3 is 14.8 Å². The molecule has 1 atom stereocenters.